The van der Waals surface area contributed by atoms with Crippen molar-refractivity contribution in [3.8, 4) is 0 Å². The van der Waals surface area contributed by atoms with Gasteiger partial charge >= 0.3 is 0 Å². The molecule has 3 heteroatoms. The van der Waals surface area contributed by atoms with Crippen molar-refractivity contribution in [2.45, 2.75) is 32.8 Å². The Bertz CT molecular complexity index is 323. The molecule has 2 rings (SSSR count). The monoisotopic (exact) mass is 220 g/mol. The maximum atomic E-state index is 5.68. The van der Waals surface area contributed by atoms with Crippen molar-refractivity contribution in [2.75, 3.05) is 18.5 Å². The van der Waals surface area contributed by atoms with Crippen LogP contribution in [0.1, 0.15) is 31.7 Å². The second-order valence-corrected chi connectivity index (χ2v) is 4.40. The molecule has 3 nitrogen and oxygen atoms in total. The van der Waals surface area contributed by atoms with Gasteiger partial charge in [0.05, 0.1) is 6.61 Å². The van der Waals surface area contributed by atoms with Gasteiger partial charge in [0.1, 0.15) is 5.82 Å². The van der Waals surface area contributed by atoms with Crippen LogP contribution in [0.2, 0.25) is 0 Å². The zero-order valence-electron chi connectivity index (χ0n) is 9.91. The van der Waals surface area contributed by atoms with Crippen LogP contribution in [0.3, 0.4) is 0 Å². The molecule has 0 unspecified atom stereocenters. The van der Waals surface area contributed by atoms with Crippen LogP contribution in [0, 0.1) is 5.92 Å². The van der Waals surface area contributed by atoms with Crippen LogP contribution in [0.15, 0.2) is 18.3 Å². The average Bonchev–Trinajstić information content (AvgIpc) is 3.12. The van der Waals surface area contributed by atoms with E-state index in [0.717, 1.165) is 36.9 Å². The third-order valence-electron chi connectivity index (χ3n) is 2.74. The minimum absolute atomic E-state index is 0.677. The van der Waals surface area contributed by atoms with Crippen molar-refractivity contribution in [1.82, 2.24) is 4.98 Å². The Balaban J connectivity index is 1.84. The van der Waals surface area contributed by atoms with E-state index in [1.807, 2.05) is 12.3 Å². The largest absolute Gasteiger partial charge is 0.376 e. The molecule has 0 aromatic carbocycles. The molecule has 0 amide bonds. The molecular weight excluding hydrogens is 200 g/mol. The number of rotatable bonds is 7. The van der Waals surface area contributed by atoms with E-state index in [-0.39, 0.29) is 0 Å². The molecule has 0 saturated heterocycles. The first-order valence-electron chi connectivity index (χ1n) is 6.15. The Kier molecular flexibility index (Phi) is 4.17. The van der Waals surface area contributed by atoms with Gasteiger partial charge in [-0.3, -0.25) is 0 Å². The first-order chi connectivity index (χ1) is 7.90. The molecule has 0 atom stereocenters. The van der Waals surface area contributed by atoms with Crippen molar-refractivity contribution in [2.24, 2.45) is 5.92 Å². The van der Waals surface area contributed by atoms with E-state index in [1.54, 1.807) is 0 Å². The minimum atomic E-state index is 0.677. The number of anilines is 1. The summed E-state index contributed by atoms with van der Waals surface area (Å²) in [5.41, 5.74) is 1.16. The van der Waals surface area contributed by atoms with Crippen LogP contribution in [-0.4, -0.2) is 18.1 Å². The molecule has 1 heterocycles. The third-order valence-corrected chi connectivity index (χ3v) is 2.74. The molecule has 1 aliphatic carbocycles. The number of nitrogens with one attached hydrogen (secondary N) is 1. The molecule has 0 bridgehead atoms. The van der Waals surface area contributed by atoms with Gasteiger partial charge in [-0.2, -0.15) is 0 Å². The Hall–Kier alpha value is -1.09. The van der Waals surface area contributed by atoms with Crippen molar-refractivity contribution >= 4 is 5.82 Å². The van der Waals surface area contributed by atoms with Gasteiger partial charge in [-0.05, 0) is 31.2 Å². The molecular formula is C13H20N2O. The van der Waals surface area contributed by atoms with E-state index in [1.165, 1.54) is 12.8 Å². The van der Waals surface area contributed by atoms with E-state index in [4.69, 9.17) is 4.74 Å². The summed E-state index contributed by atoms with van der Waals surface area (Å²) in [7, 11) is 0. The predicted molar refractivity (Wildman–Crippen MR) is 65.4 cm³/mol. The SMILES string of the molecule is CCCNc1ncccc1COCC1CC1. The summed E-state index contributed by atoms with van der Waals surface area (Å²) in [5, 5.41) is 3.33. The lowest BCUT2D eigenvalue weighted by molar-refractivity contribution is 0.111. The fourth-order valence-corrected chi connectivity index (χ4v) is 1.58. The first-order valence-corrected chi connectivity index (χ1v) is 6.15. The minimum Gasteiger partial charge on any atom is -0.376 e. The van der Waals surface area contributed by atoms with Crippen LogP contribution < -0.4 is 5.32 Å². The van der Waals surface area contributed by atoms with Crippen LogP contribution in [-0.2, 0) is 11.3 Å². The van der Waals surface area contributed by atoms with Gasteiger partial charge in [0.15, 0.2) is 0 Å². The summed E-state index contributed by atoms with van der Waals surface area (Å²) < 4.78 is 5.68. The van der Waals surface area contributed by atoms with Gasteiger partial charge in [-0.1, -0.05) is 13.0 Å². The van der Waals surface area contributed by atoms with Crippen LogP contribution in [0.25, 0.3) is 0 Å². The van der Waals surface area contributed by atoms with E-state index >= 15 is 0 Å². The molecule has 0 spiro atoms. The van der Waals surface area contributed by atoms with Crippen molar-refractivity contribution in [3.63, 3.8) is 0 Å². The molecule has 1 aromatic heterocycles. The quantitative estimate of drug-likeness (QED) is 0.767. The number of aromatic nitrogens is 1. The van der Waals surface area contributed by atoms with Crippen molar-refractivity contribution in [3.05, 3.63) is 23.9 Å². The molecule has 1 aromatic rings. The number of nitrogens with zero attached hydrogens (tertiary/aromatic N) is 1. The highest BCUT2D eigenvalue weighted by Gasteiger charge is 2.21. The average molecular weight is 220 g/mol. The van der Waals surface area contributed by atoms with E-state index in [9.17, 15) is 0 Å². The van der Waals surface area contributed by atoms with Gasteiger partial charge in [0.25, 0.3) is 0 Å². The molecule has 1 N–H and O–H groups in total. The zero-order chi connectivity index (χ0) is 11.2. The summed E-state index contributed by atoms with van der Waals surface area (Å²) >= 11 is 0. The summed E-state index contributed by atoms with van der Waals surface area (Å²) in [5.74, 6) is 1.80. The Labute approximate surface area is 97.2 Å². The molecule has 88 valence electrons. The van der Waals surface area contributed by atoms with Gasteiger partial charge < -0.3 is 10.1 Å². The zero-order valence-corrected chi connectivity index (χ0v) is 9.91. The van der Waals surface area contributed by atoms with Gasteiger partial charge in [0.2, 0.25) is 0 Å². The smallest absolute Gasteiger partial charge is 0.131 e. The highest BCUT2D eigenvalue weighted by atomic mass is 16.5. The van der Waals surface area contributed by atoms with Crippen molar-refractivity contribution < 1.29 is 4.74 Å². The van der Waals surface area contributed by atoms with Gasteiger partial charge in [-0.15, -0.1) is 0 Å². The number of hydrogen-bond donors (Lipinski definition) is 1. The van der Waals surface area contributed by atoms with E-state index in [0.29, 0.717) is 6.61 Å². The number of ether oxygens (including phenoxy) is 1. The molecule has 1 aliphatic rings. The second-order valence-electron chi connectivity index (χ2n) is 4.40. The van der Waals surface area contributed by atoms with Crippen LogP contribution >= 0.6 is 0 Å². The highest BCUT2D eigenvalue weighted by molar-refractivity contribution is 5.43. The maximum Gasteiger partial charge on any atom is 0.131 e. The third kappa shape index (κ3) is 3.49. The number of hydrogen-bond acceptors (Lipinski definition) is 3. The van der Waals surface area contributed by atoms with Crippen molar-refractivity contribution in [1.29, 1.82) is 0 Å². The Morgan fingerprint density at radius 1 is 1.50 bits per heavy atom. The lowest BCUT2D eigenvalue weighted by Gasteiger charge is -2.10. The van der Waals surface area contributed by atoms with Crippen LogP contribution in [0.4, 0.5) is 5.82 Å². The topological polar surface area (TPSA) is 34.2 Å². The van der Waals surface area contributed by atoms with E-state index < -0.39 is 0 Å². The fraction of sp³-hybridized carbons (Fsp3) is 0.615. The van der Waals surface area contributed by atoms with Crippen LogP contribution in [0.5, 0.6) is 0 Å². The lowest BCUT2D eigenvalue weighted by Crippen LogP contribution is -2.06. The fourth-order valence-electron chi connectivity index (χ4n) is 1.58. The summed E-state index contributed by atoms with van der Waals surface area (Å²) in [6, 6.07) is 4.05. The first kappa shape index (κ1) is 11.4. The highest BCUT2D eigenvalue weighted by Crippen LogP contribution is 2.29. The Morgan fingerprint density at radius 2 is 2.38 bits per heavy atom. The summed E-state index contributed by atoms with van der Waals surface area (Å²) in [6.45, 7) is 4.70. The maximum absolute atomic E-state index is 5.68. The molecule has 0 radical (unpaired) electrons. The van der Waals surface area contributed by atoms with E-state index in [2.05, 4.69) is 23.3 Å². The molecule has 1 saturated carbocycles. The summed E-state index contributed by atoms with van der Waals surface area (Å²) in [4.78, 5) is 4.34. The molecule has 1 fully saturated rings. The van der Waals surface area contributed by atoms with Gasteiger partial charge in [0, 0.05) is 24.9 Å². The number of pyridine rings is 1. The molecule has 16 heavy (non-hydrogen) atoms. The lowest BCUT2D eigenvalue weighted by atomic mass is 10.2. The van der Waals surface area contributed by atoms with Gasteiger partial charge in [-0.25, -0.2) is 4.98 Å². The second kappa shape index (κ2) is 5.85. The normalized spacial score (nSPS) is 15.1. The predicted octanol–water partition coefficient (Wildman–Crippen LogP) is 2.83. The standard InChI is InChI=1S/C13H20N2O/c1-2-7-14-13-12(4-3-8-15-13)10-16-9-11-5-6-11/h3-4,8,11H,2,5-7,9-10H2,1H3,(H,14,15). The summed E-state index contributed by atoms with van der Waals surface area (Å²) in [6.07, 6.45) is 5.61. The molecule has 0 aliphatic heterocycles. The Morgan fingerprint density at radius 3 is 3.12 bits per heavy atom.